The number of halogens is 1. The average molecular weight is 294 g/mol. The van der Waals surface area contributed by atoms with Crippen molar-refractivity contribution in [1.82, 2.24) is 5.32 Å². The van der Waals surface area contributed by atoms with E-state index in [0.29, 0.717) is 5.22 Å². The fourth-order valence-electron chi connectivity index (χ4n) is 2.39. The molecule has 1 heterocycles. The molecule has 20 heavy (non-hydrogen) atoms. The molecule has 1 N–H and O–H groups in total. The van der Waals surface area contributed by atoms with Gasteiger partial charge in [-0.05, 0) is 66.9 Å². The molecular formula is C16H20ClNO2. The van der Waals surface area contributed by atoms with Crippen molar-refractivity contribution in [3.8, 4) is 5.75 Å². The maximum atomic E-state index is 5.90. The fourth-order valence-corrected chi connectivity index (χ4v) is 2.55. The zero-order valence-electron chi connectivity index (χ0n) is 12.3. The number of furan rings is 1. The van der Waals surface area contributed by atoms with E-state index in [2.05, 4.69) is 31.3 Å². The van der Waals surface area contributed by atoms with Crippen LogP contribution in [0.15, 0.2) is 28.7 Å². The Balaban J connectivity index is 2.46. The van der Waals surface area contributed by atoms with Crippen LogP contribution in [0.5, 0.6) is 5.75 Å². The van der Waals surface area contributed by atoms with Crippen LogP contribution in [0.1, 0.15) is 35.4 Å². The molecule has 0 radical (unpaired) electrons. The second kappa shape index (κ2) is 6.33. The van der Waals surface area contributed by atoms with Crippen molar-refractivity contribution in [2.45, 2.75) is 26.8 Å². The first kappa shape index (κ1) is 14.9. The summed E-state index contributed by atoms with van der Waals surface area (Å²) in [5, 5.41) is 3.85. The van der Waals surface area contributed by atoms with Gasteiger partial charge < -0.3 is 14.5 Å². The molecule has 0 aliphatic rings. The molecule has 1 aromatic heterocycles. The summed E-state index contributed by atoms with van der Waals surface area (Å²) in [5.74, 6) is 1.73. The predicted molar refractivity (Wildman–Crippen MR) is 81.7 cm³/mol. The number of aryl methyl sites for hydroxylation is 2. The summed E-state index contributed by atoms with van der Waals surface area (Å²) in [6.45, 7) is 7.03. The SMILES string of the molecule is CCNC(c1ccc(Cl)o1)c1cc(C)c(OC)cc1C. The number of benzene rings is 1. The highest BCUT2D eigenvalue weighted by Crippen LogP contribution is 2.31. The molecule has 0 saturated carbocycles. The maximum absolute atomic E-state index is 5.90. The van der Waals surface area contributed by atoms with E-state index in [4.69, 9.17) is 20.8 Å². The molecule has 4 heteroatoms. The van der Waals surface area contributed by atoms with Crippen LogP contribution in [0.4, 0.5) is 0 Å². The highest BCUT2D eigenvalue weighted by atomic mass is 35.5. The predicted octanol–water partition coefficient (Wildman–Crippen LogP) is 4.26. The second-order valence-electron chi connectivity index (χ2n) is 4.81. The fraction of sp³-hybridized carbons (Fsp3) is 0.375. The van der Waals surface area contributed by atoms with Crippen LogP contribution in [0.3, 0.4) is 0 Å². The van der Waals surface area contributed by atoms with Gasteiger partial charge in [0.2, 0.25) is 0 Å². The van der Waals surface area contributed by atoms with Gasteiger partial charge in [0, 0.05) is 0 Å². The van der Waals surface area contributed by atoms with E-state index in [-0.39, 0.29) is 6.04 Å². The molecule has 0 saturated heterocycles. The minimum atomic E-state index is -0.00268. The van der Waals surface area contributed by atoms with Crippen molar-refractivity contribution < 1.29 is 9.15 Å². The highest BCUT2D eigenvalue weighted by Gasteiger charge is 2.20. The molecule has 0 aliphatic carbocycles. The molecule has 0 fully saturated rings. The summed E-state index contributed by atoms with van der Waals surface area (Å²) >= 11 is 5.90. The molecule has 1 unspecified atom stereocenters. The molecule has 1 atom stereocenters. The first-order valence-electron chi connectivity index (χ1n) is 6.70. The van der Waals surface area contributed by atoms with Crippen molar-refractivity contribution in [1.29, 1.82) is 0 Å². The standard InChI is InChI=1S/C16H20ClNO2/c1-5-18-16(13-6-7-15(17)20-13)12-8-11(3)14(19-4)9-10(12)2/h6-9,16,18H,5H2,1-4H3. The lowest BCUT2D eigenvalue weighted by atomic mass is 9.96. The largest absolute Gasteiger partial charge is 0.496 e. The quantitative estimate of drug-likeness (QED) is 0.894. The minimum absolute atomic E-state index is 0.00268. The normalized spacial score (nSPS) is 12.4. The zero-order chi connectivity index (χ0) is 14.7. The molecule has 3 nitrogen and oxygen atoms in total. The van der Waals surface area contributed by atoms with Crippen molar-refractivity contribution in [2.75, 3.05) is 13.7 Å². The van der Waals surface area contributed by atoms with Gasteiger partial charge in [0.1, 0.15) is 11.5 Å². The van der Waals surface area contributed by atoms with Crippen molar-refractivity contribution in [3.63, 3.8) is 0 Å². The van der Waals surface area contributed by atoms with Crippen LogP contribution in [0.25, 0.3) is 0 Å². The molecule has 0 amide bonds. The summed E-state index contributed by atoms with van der Waals surface area (Å²) in [5.41, 5.74) is 3.44. The van der Waals surface area contributed by atoms with Crippen molar-refractivity contribution in [3.05, 3.63) is 51.9 Å². The molecule has 2 aromatic rings. The van der Waals surface area contributed by atoms with Gasteiger partial charge >= 0.3 is 0 Å². The van der Waals surface area contributed by atoms with Gasteiger partial charge in [-0.1, -0.05) is 13.0 Å². The van der Waals surface area contributed by atoms with Crippen LogP contribution >= 0.6 is 11.6 Å². The Morgan fingerprint density at radius 2 is 2.00 bits per heavy atom. The number of ether oxygens (including phenoxy) is 1. The smallest absolute Gasteiger partial charge is 0.193 e. The highest BCUT2D eigenvalue weighted by molar-refractivity contribution is 6.28. The van der Waals surface area contributed by atoms with E-state index in [0.717, 1.165) is 29.2 Å². The van der Waals surface area contributed by atoms with E-state index in [1.54, 1.807) is 13.2 Å². The molecule has 108 valence electrons. The number of hydrogen-bond acceptors (Lipinski definition) is 3. The lowest BCUT2D eigenvalue weighted by Crippen LogP contribution is -2.22. The Labute approximate surface area is 124 Å². The Bertz CT molecular complexity index is 592. The lowest BCUT2D eigenvalue weighted by Gasteiger charge is -2.20. The van der Waals surface area contributed by atoms with Gasteiger partial charge in [-0.25, -0.2) is 0 Å². The van der Waals surface area contributed by atoms with Gasteiger partial charge in [-0.3, -0.25) is 0 Å². The summed E-state index contributed by atoms with van der Waals surface area (Å²) in [6.07, 6.45) is 0. The first-order chi connectivity index (χ1) is 9.56. The number of methoxy groups -OCH3 is 1. The van der Waals surface area contributed by atoms with Crippen LogP contribution in [-0.2, 0) is 0 Å². The number of rotatable bonds is 5. The van der Waals surface area contributed by atoms with Crippen LogP contribution in [0.2, 0.25) is 5.22 Å². The zero-order valence-corrected chi connectivity index (χ0v) is 13.0. The van der Waals surface area contributed by atoms with Gasteiger partial charge in [-0.2, -0.15) is 0 Å². The monoisotopic (exact) mass is 293 g/mol. The Hall–Kier alpha value is -1.45. The minimum Gasteiger partial charge on any atom is -0.496 e. The van der Waals surface area contributed by atoms with E-state index in [1.165, 1.54) is 5.56 Å². The van der Waals surface area contributed by atoms with Crippen molar-refractivity contribution >= 4 is 11.6 Å². The van der Waals surface area contributed by atoms with Gasteiger partial charge in [0.05, 0.1) is 13.2 Å². The van der Waals surface area contributed by atoms with Gasteiger partial charge in [0.25, 0.3) is 0 Å². The summed E-state index contributed by atoms with van der Waals surface area (Å²) in [7, 11) is 1.69. The van der Waals surface area contributed by atoms with Crippen molar-refractivity contribution in [2.24, 2.45) is 0 Å². The van der Waals surface area contributed by atoms with Crippen LogP contribution in [-0.4, -0.2) is 13.7 Å². The molecule has 0 spiro atoms. The average Bonchev–Trinajstić information content (AvgIpc) is 2.85. The third-order valence-corrected chi connectivity index (χ3v) is 3.58. The Morgan fingerprint density at radius 3 is 2.55 bits per heavy atom. The molecule has 1 aromatic carbocycles. The third-order valence-electron chi connectivity index (χ3n) is 3.38. The first-order valence-corrected chi connectivity index (χ1v) is 7.08. The van der Waals surface area contributed by atoms with Crippen LogP contribution < -0.4 is 10.1 Å². The van der Waals surface area contributed by atoms with E-state index >= 15 is 0 Å². The lowest BCUT2D eigenvalue weighted by molar-refractivity contribution is 0.410. The molecule has 0 bridgehead atoms. The Kier molecular flexibility index (Phi) is 4.73. The molecule has 0 aliphatic heterocycles. The summed E-state index contributed by atoms with van der Waals surface area (Å²) < 4.78 is 10.9. The maximum Gasteiger partial charge on any atom is 0.193 e. The van der Waals surface area contributed by atoms with Gasteiger partial charge in [0.15, 0.2) is 5.22 Å². The summed E-state index contributed by atoms with van der Waals surface area (Å²) in [4.78, 5) is 0. The Morgan fingerprint density at radius 1 is 1.25 bits per heavy atom. The van der Waals surface area contributed by atoms with E-state index in [1.807, 2.05) is 13.0 Å². The third kappa shape index (κ3) is 3.00. The van der Waals surface area contributed by atoms with Gasteiger partial charge in [-0.15, -0.1) is 0 Å². The van der Waals surface area contributed by atoms with E-state index < -0.39 is 0 Å². The topological polar surface area (TPSA) is 34.4 Å². The van der Waals surface area contributed by atoms with Crippen LogP contribution in [0, 0.1) is 13.8 Å². The molecule has 2 rings (SSSR count). The second-order valence-corrected chi connectivity index (χ2v) is 5.18. The number of nitrogens with one attached hydrogen (secondary N) is 1. The van der Waals surface area contributed by atoms with E-state index in [9.17, 15) is 0 Å². The summed E-state index contributed by atoms with van der Waals surface area (Å²) in [6, 6.07) is 7.87. The number of hydrogen-bond donors (Lipinski definition) is 1. The molecular weight excluding hydrogens is 274 g/mol.